The van der Waals surface area contributed by atoms with Crippen LogP contribution >= 0.6 is 27.5 Å². The van der Waals surface area contributed by atoms with Crippen molar-refractivity contribution in [2.45, 2.75) is 19.0 Å². The number of amides is 1. The molecule has 1 aliphatic heterocycles. The Labute approximate surface area is 192 Å². The summed E-state index contributed by atoms with van der Waals surface area (Å²) in [7, 11) is 0. The van der Waals surface area contributed by atoms with Crippen molar-refractivity contribution in [2.75, 3.05) is 6.54 Å². The third-order valence-electron chi connectivity index (χ3n) is 5.23. The zero-order valence-corrected chi connectivity index (χ0v) is 18.8. The quantitative estimate of drug-likeness (QED) is 0.299. The van der Waals surface area contributed by atoms with Crippen LogP contribution in [0, 0.1) is 0 Å². The van der Waals surface area contributed by atoms with Crippen LogP contribution in [0.4, 0.5) is 0 Å². The van der Waals surface area contributed by atoms with Gasteiger partial charge in [0.25, 0.3) is 11.7 Å². The molecule has 1 fully saturated rings. The zero-order valence-electron chi connectivity index (χ0n) is 16.4. The number of benzene rings is 2. The van der Waals surface area contributed by atoms with Gasteiger partial charge in [0.15, 0.2) is 0 Å². The topological polar surface area (TPSA) is 75.4 Å². The first-order valence-corrected chi connectivity index (χ1v) is 10.9. The van der Waals surface area contributed by atoms with Gasteiger partial charge in [0.2, 0.25) is 0 Å². The van der Waals surface area contributed by atoms with E-state index < -0.39 is 17.7 Å². The molecule has 8 heteroatoms. The van der Waals surface area contributed by atoms with E-state index in [0.717, 1.165) is 4.47 Å². The van der Waals surface area contributed by atoms with E-state index in [-0.39, 0.29) is 11.3 Å². The lowest BCUT2D eigenvalue weighted by Crippen LogP contribution is -2.31. The summed E-state index contributed by atoms with van der Waals surface area (Å²) in [6.07, 6.45) is 5.84. The summed E-state index contributed by atoms with van der Waals surface area (Å²) in [6, 6.07) is 13.2. The van der Waals surface area contributed by atoms with E-state index in [0.29, 0.717) is 35.7 Å². The summed E-state index contributed by atoms with van der Waals surface area (Å²) in [5.74, 6) is -1.57. The predicted molar refractivity (Wildman–Crippen MR) is 121 cm³/mol. The first kappa shape index (κ1) is 21.3. The molecular weight excluding hydrogens is 482 g/mol. The lowest BCUT2D eigenvalue weighted by atomic mass is 9.95. The van der Waals surface area contributed by atoms with Crippen molar-refractivity contribution in [2.24, 2.45) is 0 Å². The summed E-state index contributed by atoms with van der Waals surface area (Å²) >= 11 is 9.81. The van der Waals surface area contributed by atoms with E-state index in [1.165, 1.54) is 4.90 Å². The molecule has 158 valence electrons. The van der Waals surface area contributed by atoms with E-state index in [1.54, 1.807) is 61.1 Å². The number of hydrogen-bond donors (Lipinski definition) is 1. The van der Waals surface area contributed by atoms with Gasteiger partial charge in [-0.25, -0.2) is 4.98 Å². The number of Topliss-reactive ketones (excluding diaryl/α,β-unsaturated/α-hetero) is 1. The molecule has 0 saturated carbocycles. The monoisotopic (exact) mass is 499 g/mol. The average molecular weight is 501 g/mol. The van der Waals surface area contributed by atoms with Gasteiger partial charge in [-0.15, -0.1) is 0 Å². The predicted octanol–water partition coefficient (Wildman–Crippen LogP) is 4.81. The van der Waals surface area contributed by atoms with Crippen LogP contribution in [0.3, 0.4) is 0 Å². The number of nitrogens with zero attached hydrogens (tertiary/aromatic N) is 3. The number of carbonyl (C=O) groups is 2. The number of aliphatic hydroxyl groups excluding tert-OH is 1. The summed E-state index contributed by atoms with van der Waals surface area (Å²) < 4.78 is 2.75. The zero-order chi connectivity index (χ0) is 22.0. The maximum atomic E-state index is 13.0. The molecule has 6 nitrogen and oxygen atoms in total. The van der Waals surface area contributed by atoms with E-state index in [9.17, 15) is 14.7 Å². The number of aliphatic hydroxyl groups is 1. The molecule has 31 heavy (non-hydrogen) atoms. The molecule has 0 radical (unpaired) electrons. The van der Waals surface area contributed by atoms with Gasteiger partial charge >= 0.3 is 0 Å². The fourth-order valence-electron chi connectivity index (χ4n) is 3.74. The Balaban J connectivity index is 1.75. The van der Waals surface area contributed by atoms with E-state index in [1.807, 2.05) is 10.8 Å². The third-order valence-corrected chi connectivity index (χ3v) is 6.10. The van der Waals surface area contributed by atoms with Crippen LogP contribution in [0.1, 0.15) is 23.6 Å². The molecule has 1 aliphatic rings. The van der Waals surface area contributed by atoms with E-state index >= 15 is 0 Å². The molecule has 0 spiro atoms. The Bertz CT molecular complexity index is 1140. The molecule has 0 aliphatic carbocycles. The highest BCUT2D eigenvalue weighted by atomic mass is 79.9. The molecular formula is C23H19BrClN3O3. The van der Waals surface area contributed by atoms with Crippen LogP contribution in [-0.4, -0.2) is 37.8 Å². The van der Waals surface area contributed by atoms with Crippen LogP contribution in [-0.2, 0) is 16.1 Å². The second kappa shape index (κ2) is 9.08. The minimum absolute atomic E-state index is 0.0445. The molecule has 3 aromatic rings. The highest BCUT2D eigenvalue weighted by Gasteiger charge is 2.46. The van der Waals surface area contributed by atoms with Gasteiger partial charge in [0, 0.05) is 40.5 Å². The number of carbonyl (C=O) groups excluding carboxylic acids is 2. The molecule has 1 saturated heterocycles. The molecule has 1 N–H and O–H groups in total. The van der Waals surface area contributed by atoms with Crippen molar-refractivity contribution in [1.29, 1.82) is 0 Å². The van der Waals surface area contributed by atoms with Gasteiger partial charge in [-0.1, -0.05) is 57.9 Å². The van der Waals surface area contributed by atoms with Crippen LogP contribution < -0.4 is 0 Å². The Morgan fingerprint density at radius 1 is 1.10 bits per heavy atom. The van der Waals surface area contributed by atoms with Crippen LogP contribution in [0.2, 0.25) is 5.02 Å². The number of aryl methyl sites for hydroxylation is 1. The largest absolute Gasteiger partial charge is 0.507 e. The highest BCUT2D eigenvalue weighted by molar-refractivity contribution is 9.10. The minimum atomic E-state index is -0.764. The molecule has 1 unspecified atom stereocenters. The fourth-order valence-corrected chi connectivity index (χ4v) is 4.24. The molecule has 2 aromatic carbocycles. The number of imidazole rings is 1. The van der Waals surface area contributed by atoms with Crippen LogP contribution in [0.5, 0.6) is 0 Å². The summed E-state index contributed by atoms with van der Waals surface area (Å²) in [5, 5.41) is 11.5. The first-order valence-electron chi connectivity index (χ1n) is 9.72. The van der Waals surface area contributed by atoms with E-state index in [4.69, 9.17) is 11.6 Å². The molecule has 1 amide bonds. The number of halogens is 2. The molecule has 0 bridgehead atoms. The van der Waals surface area contributed by atoms with Crippen molar-refractivity contribution >= 4 is 45.0 Å². The summed E-state index contributed by atoms with van der Waals surface area (Å²) in [5.41, 5.74) is 1.10. The van der Waals surface area contributed by atoms with Crippen LogP contribution in [0.25, 0.3) is 5.76 Å². The number of rotatable bonds is 6. The van der Waals surface area contributed by atoms with Gasteiger partial charge in [0.05, 0.1) is 17.9 Å². The minimum Gasteiger partial charge on any atom is -0.507 e. The Morgan fingerprint density at radius 3 is 2.52 bits per heavy atom. The number of likely N-dealkylation sites (tertiary alicyclic amines) is 1. The van der Waals surface area contributed by atoms with E-state index in [2.05, 4.69) is 20.9 Å². The van der Waals surface area contributed by atoms with Gasteiger partial charge in [-0.05, 0) is 30.2 Å². The van der Waals surface area contributed by atoms with Crippen molar-refractivity contribution in [1.82, 2.24) is 14.5 Å². The maximum absolute atomic E-state index is 13.0. The van der Waals surface area contributed by atoms with Gasteiger partial charge in [-0.3, -0.25) is 9.59 Å². The van der Waals surface area contributed by atoms with Crippen molar-refractivity contribution in [3.8, 4) is 0 Å². The fraction of sp³-hybridized carbons (Fsp3) is 0.174. The summed E-state index contributed by atoms with van der Waals surface area (Å²) in [6.45, 7) is 0.973. The molecule has 4 rings (SSSR count). The molecule has 1 atom stereocenters. The maximum Gasteiger partial charge on any atom is 0.295 e. The van der Waals surface area contributed by atoms with Crippen LogP contribution in [0.15, 0.2) is 77.3 Å². The lowest BCUT2D eigenvalue weighted by molar-refractivity contribution is -0.139. The Morgan fingerprint density at radius 2 is 1.84 bits per heavy atom. The average Bonchev–Trinajstić information content (AvgIpc) is 3.36. The Hall–Kier alpha value is -2.90. The van der Waals surface area contributed by atoms with Crippen molar-refractivity contribution < 1.29 is 14.7 Å². The normalized spacial score (nSPS) is 18.0. The Kier molecular flexibility index (Phi) is 6.25. The lowest BCUT2D eigenvalue weighted by Gasteiger charge is -2.26. The highest BCUT2D eigenvalue weighted by Crippen LogP contribution is 2.41. The number of hydrogen-bond acceptors (Lipinski definition) is 4. The smallest absolute Gasteiger partial charge is 0.295 e. The third kappa shape index (κ3) is 4.29. The number of ketones is 1. The van der Waals surface area contributed by atoms with Gasteiger partial charge < -0.3 is 14.6 Å². The molecule has 1 aromatic heterocycles. The molecule has 2 heterocycles. The van der Waals surface area contributed by atoms with Crippen molar-refractivity contribution in [3.63, 3.8) is 0 Å². The standard InChI is InChI=1S/C23H19BrClN3O3/c24-16-8-6-15(7-9-16)21(29)19-20(17-4-1-2-5-18(17)25)28(23(31)22(19)30)12-3-11-27-13-10-26-14-27/h1-2,4-10,13-14,20,29H,3,11-12H2/b21-19+. The van der Waals surface area contributed by atoms with Crippen molar-refractivity contribution in [3.05, 3.63) is 93.4 Å². The first-order chi connectivity index (χ1) is 15.0. The van der Waals surface area contributed by atoms with Gasteiger partial charge in [0.1, 0.15) is 5.76 Å². The number of aromatic nitrogens is 2. The second-order valence-corrected chi connectivity index (χ2v) is 8.50. The summed E-state index contributed by atoms with van der Waals surface area (Å²) in [4.78, 5) is 31.5. The second-order valence-electron chi connectivity index (χ2n) is 7.17. The SMILES string of the molecule is O=C1C(=O)N(CCCn2ccnc2)C(c2ccccc2Cl)/C1=C(\O)c1ccc(Br)cc1. The van der Waals surface area contributed by atoms with Gasteiger partial charge in [-0.2, -0.15) is 0 Å².